The second kappa shape index (κ2) is 3.80. The lowest BCUT2D eigenvalue weighted by Gasteiger charge is -2.14. The minimum atomic E-state index is -0.459. The van der Waals surface area contributed by atoms with Gasteiger partial charge in [-0.05, 0) is 52.9 Å². The minimum absolute atomic E-state index is 0.459. The molecule has 0 unspecified atom stereocenters. The molecule has 82 valence electrons. The van der Waals surface area contributed by atoms with Crippen molar-refractivity contribution in [3.05, 3.63) is 27.7 Å². The van der Waals surface area contributed by atoms with E-state index in [1.54, 1.807) is 7.11 Å². The zero-order valence-electron chi connectivity index (χ0n) is 9.01. The fraction of sp³-hybridized carbons (Fsp3) is 0.500. The number of halogens is 1. The van der Waals surface area contributed by atoms with E-state index in [1.165, 1.54) is 5.56 Å². The molecule has 1 saturated carbocycles. The van der Waals surface area contributed by atoms with Crippen LogP contribution < -0.4 is 4.74 Å². The van der Waals surface area contributed by atoms with Crippen LogP contribution in [0.4, 0.5) is 0 Å². The number of aryl methyl sites for hydroxylation is 1. The molecule has 0 heterocycles. The molecular weight excluding hydrogens is 256 g/mol. The van der Waals surface area contributed by atoms with Crippen LogP contribution in [0.2, 0.25) is 0 Å². The average molecular weight is 271 g/mol. The van der Waals surface area contributed by atoms with Crippen molar-refractivity contribution in [2.24, 2.45) is 0 Å². The number of ether oxygens (including phenoxy) is 1. The van der Waals surface area contributed by atoms with E-state index in [0.717, 1.165) is 35.0 Å². The van der Waals surface area contributed by atoms with E-state index in [-0.39, 0.29) is 0 Å². The highest BCUT2D eigenvalue weighted by molar-refractivity contribution is 9.10. The first kappa shape index (κ1) is 11.0. The van der Waals surface area contributed by atoms with Gasteiger partial charge in [-0.15, -0.1) is 0 Å². The average Bonchev–Trinajstić information content (AvgIpc) is 2.92. The van der Waals surface area contributed by atoms with Crippen LogP contribution in [-0.2, 0) is 6.42 Å². The molecule has 0 amide bonds. The fourth-order valence-corrected chi connectivity index (χ4v) is 2.47. The Morgan fingerprint density at radius 2 is 2.13 bits per heavy atom. The first-order valence-electron chi connectivity index (χ1n) is 5.10. The van der Waals surface area contributed by atoms with Gasteiger partial charge in [-0.1, -0.05) is 6.07 Å². The van der Waals surface area contributed by atoms with Crippen molar-refractivity contribution in [3.63, 3.8) is 0 Å². The first-order valence-corrected chi connectivity index (χ1v) is 5.89. The predicted molar refractivity (Wildman–Crippen MR) is 63.3 cm³/mol. The lowest BCUT2D eigenvalue weighted by Crippen LogP contribution is -2.12. The molecule has 15 heavy (non-hydrogen) atoms. The summed E-state index contributed by atoms with van der Waals surface area (Å²) in [5.41, 5.74) is 1.90. The Bertz CT molecular complexity index is 383. The summed E-state index contributed by atoms with van der Waals surface area (Å²) in [7, 11) is 1.66. The maximum Gasteiger partial charge on any atom is 0.133 e. The summed E-state index contributed by atoms with van der Waals surface area (Å²) < 4.78 is 6.22. The van der Waals surface area contributed by atoms with E-state index in [0.29, 0.717) is 0 Å². The molecule has 1 fully saturated rings. The van der Waals surface area contributed by atoms with Crippen molar-refractivity contribution in [3.8, 4) is 5.75 Å². The molecule has 1 aromatic carbocycles. The minimum Gasteiger partial charge on any atom is -0.496 e. The molecule has 0 aromatic heterocycles. The van der Waals surface area contributed by atoms with Gasteiger partial charge in [0, 0.05) is 6.42 Å². The van der Waals surface area contributed by atoms with Crippen LogP contribution in [0.25, 0.3) is 0 Å². The Hall–Kier alpha value is -0.540. The molecule has 1 aliphatic carbocycles. The van der Waals surface area contributed by atoms with Crippen molar-refractivity contribution in [2.75, 3.05) is 7.11 Å². The molecule has 1 N–H and O–H groups in total. The molecule has 1 aromatic rings. The molecule has 0 atom stereocenters. The highest BCUT2D eigenvalue weighted by atomic mass is 79.9. The largest absolute Gasteiger partial charge is 0.496 e. The Labute approximate surface area is 98.4 Å². The van der Waals surface area contributed by atoms with Crippen molar-refractivity contribution in [1.29, 1.82) is 0 Å². The zero-order chi connectivity index (χ0) is 11.1. The third kappa shape index (κ3) is 2.18. The molecule has 0 saturated heterocycles. The normalized spacial score (nSPS) is 17.6. The van der Waals surface area contributed by atoms with Crippen LogP contribution in [0.5, 0.6) is 5.75 Å². The van der Waals surface area contributed by atoms with Crippen molar-refractivity contribution in [2.45, 2.75) is 31.8 Å². The Morgan fingerprint density at radius 3 is 2.67 bits per heavy atom. The van der Waals surface area contributed by atoms with Gasteiger partial charge in [0.1, 0.15) is 5.75 Å². The number of hydrogen-bond donors (Lipinski definition) is 1. The Kier molecular flexibility index (Phi) is 2.77. The van der Waals surface area contributed by atoms with Crippen molar-refractivity contribution >= 4 is 15.9 Å². The maximum absolute atomic E-state index is 9.93. The van der Waals surface area contributed by atoms with Gasteiger partial charge in [0.2, 0.25) is 0 Å². The highest BCUT2D eigenvalue weighted by Crippen LogP contribution is 2.42. The van der Waals surface area contributed by atoms with Crippen LogP contribution in [-0.4, -0.2) is 17.8 Å². The number of aliphatic hydroxyl groups is 1. The molecule has 0 spiro atoms. The smallest absolute Gasteiger partial charge is 0.133 e. The van der Waals surface area contributed by atoms with Crippen LogP contribution >= 0.6 is 15.9 Å². The van der Waals surface area contributed by atoms with E-state index in [4.69, 9.17) is 4.74 Å². The molecule has 0 radical (unpaired) electrons. The van der Waals surface area contributed by atoms with Gasteiger partial charge in [-0.3, -0.25) is 0 Å². The van der Waals surface area contributed by atoms with E-state index in [1.807, 2.05) is 12.1 Å². The monoisotopic (exact) mass is 270 g/mol. The summed E-state index contributed by atoms with van der Waals surface area (Å²) in [6, 6.07) is 3.98. The highest BCUT2D eigenvalue weighted by Gasteiger charge is 2.41. The van der Waals surface area contributed by atoms with Crippen molar-refractivity contribution < 1.29 is 9.84 Å². The molecule has 2 rings (SSSR count). The van der Waals surface area contributed by atoms with E-state index in [2.05, 4.69) is 22.9 Å². The zero-order valence-corrected chi connectivity index (χ0v) is 10.6. The number of hydrogen-bond acceptors (Lipinski definition) is 2. The van der Waals surface area contributed by atoms with E-state index >= 15 is 0 Å². The first-order chi connectivity index (χ1) is 7.06. The molecule has 2 nitrogen and oxygen atoms in total. The second-order valence-electron chi connectivity index (χ2n) is 4.28. The Balaban J connectivity index is 2.35. The summed E-state index contributed by atoms with van der Waals surface area (Å²) in [5, 5.41) is 9.93. The Morgan fingerprint density at radius 1 is 1.47 bits per heavy atom. The van der Waals surface area contributed by atoms with Crippen LogP contribution in [0.1, 0.15) is 24.0 Å². The number of benzene rings is 1. The van der Waals surface area contributed by atoms with Crippen molar-refractivity contribution in [1.82, 2.24) is 0 Å². The van der Waals surface area contributed by atoms with Gasteiger partial charge in [0.25, 0.3) is 0 Å². The summed E-state index contributed by atoms with van der Waals surface area (Å²) in [4.78, 5) is 0. The summed E-state index contributed by atoms with van der Waals surface area (Å²) >= 11 is 3.54. The molecule has 0 aliphatic heterocycles. The third-order valence-electron chi connectivity index (χ3n) is 2.99. The van der Waals surface area contributed by atoms with Crippen LogP contribution in [0, 0.1) is 6.92 Å². The quantitative estimate of drug-likeness (QED) is 0.916. The predicted octanol–water partition coefficient (Wildman–Crippen LogP) is 2.83. The molecule has 0 bridgehead atoms. The standard InChI is InChI=1S/C12H15BrO2/c1-8-3-4-10(15-2)11(13)9(8)7-12(14)5-6-12/h3-4,14H,5-7H2,1-2H3. The van der Waals surface area contributed by atoms with Crippen LogP contribution in [0.15, 0.2) is 16.6 Å². The van der Waals surface area contributed by atoms with E-state index < -0.39 is 5.60 Å². The van der Waals surface area contributed by atoms with Gasteiger partial charge in [-0.25, -0.2) is 0 Å². The van der Waals surface area contributed by atoms with Gasteiger partial charge in [0.05, 0.1) is 17.2 Å². The fourth-order valence-electron chi connectivity index (χ4n) is 1.72. The van der Waals surface area contributed by atoms with Gasteiger partial charge in [0.15, 0.2) is 0 Å². The molecule has 3 heteroatoms. The summed E-state index contributed by atoms with van der Waals surface area (Å²) in [6.45, 7) is 2.06. The van der Waals surface area contributed by atoms with E-state index in [9.17, 15) is 5.11 Å². The maximum atomic E-state index is 9.93. The second-order valence-corrected chi connectivity index (χ2v) is 5.07. The molecule has 1 aliphatic rings. The number of methoxy groups -OCH3 is 1. The summed E-state index contributed by atoms with van der Waals surface area (Å²) in [5.74, 6) is 0.833. The van der Waals surface area contributed by atoms with Gasteiger partial charge >= 0.3 is 0 Å². The van der Waals surface area contributed by atoms with Crippen LogP contribution in [0.3, 0.4) is 0 Å². The summed E-state index contributed by atoms with van der Waals surface area (Å²) in [6.07, 6.45) is 2.54. The lowest BCUT2D eigenvalue weighted by molar-refractivity contribution is 0.150. The van der Waals surface area contributed by atoms with Gasteiger partial charge < -0.3 is 9.84 Å². The SMILES string of the molecule is COc1ccc(C)c(CC2(O)CC2)c1Br. The topological polar surface area (TPSA) is 29.5 Å². The number of rotatable bonds is 3. The third-order valence-corrected chi connectivity index (χ3v) is 3.86. The molecular formula is C12H15BrO2. The van der Waals surface area contributed by atoms with Gasteiger partial charge in [-0.2, -0.15) is 0 Å². The lowest BCUT2D eigenvalue weighted by atomic mass is 10.0.